The first kappa shape index (κ1) is 18.2. The van der Waals surface area contributed by atoms with Gasteiger partial charge in [0.25, 0.3) is 5.91 Å². The normalized spacial score (nSPS) is 14.3. The number of hydrogen-bond donors (Lipinski definition) is 2. The van der Waals surface area contributed by atoms with Gasteiger partial charge in [-0.1, -0.05) is 26.0 Å². The van der Waals surface area contributed by atoms with Gasteiger partial charge in [0.15, 0.2) is 0 Å². The average Bonchev–Trinajstić information content (AvgIpc) is 2.68. The number of anilines is 3. The monoisotopic (exact) mass is 354 g/mol. The number of nitrogens with one attached hydrogen (secondary N) is 2. The molecule has 1 saturated heterocycles. The summed E-state index contributed by atoms with van der Waals surface area (Å²) in [5, 5.41) is 6.33. The van der Waals surface area contributed by atoms with E-state index in [-0.39, 0.29) is 5.91 Å². The van der Waals surface area contributed by atoms with E-state index in [0.717, 1.165) is 36.7 Å². The zero-order valence-corrected chi connectivity index (χ0v) is 15.4. The lowest BCUT2D eigenvalue weighted by Crippen LogP contribution is -2.36. The Bertz CT molecular complexity index is 742. The smallest absolute Gasteiger partial charge is 0.274 e. The fraction of sp³-hybridized carbons (Fsp3) is 0.400. The third kappa shape index (κ3) is 4.73. The van der Waals surface area contributed by atoms with Gasteiger partial charge in [-0.05, 0) is 30.2 Å². The molecule has 0 saturated carbocycles. The van der Waals surface area contributed by atoms with Crippen molar-refractivity contribution in [2.45, 2.75) is 13.8 Å². The van der Waals surface area contributed by atoms with Crippen LogP contribution in [0.4, 0.5) is 17.1 Å². The van der Waals surface area contributed by atoms with Gasteiger partial charge in [-0.2, -0.15) is 0 Å². The van der Waals surface area contributed by atoms with E-state index >= 15 is 0 Å². The van der Waals surface area contributed by atoms with E-state index in [0.29, 0.717) is 24.8 Å². The molecular formula is C20H26N4O2. The third-order valence-electron chi connectivity index (χ3n) is 4.21. The molecule has 6 heteroatoms. The Labute approximate surface area is 154 Å². The minimum atomic E-state index is -0.209. The maximum absolute atomic E-state index is 12.7. The summed E-state index contributed by atoms with van der Waals surface area (Å²) in [6, 6.07) is 11.5. The number of hydrogen-bond acceptors (Lipinski definition) is 5. The Hall–Kier alpha value is -2.60. The van der Waals surface area contributed by atoms with Crippen molar-refractivity contribution in [2.75, 3.05) is 48.4 Å². The predicted molar refractivity (Wildman–Crippen MR) is 105 cm³/mol. The Morgan fingerprint density at radius 3 is 2.77 bits per heavy atom. The first-order valence-electron chi connectivity index (χ1n) is 9.06. The summed E-state index contributed by atoms with van der Waals surface area (Å²) in [7, 11) is 0. The molecule has 2 heterocycles. The summed E-state index contributed by atoms with van der Waals surface area (Å²) in [4.78, 5) is 19.1. The SMILES string of the molecule is CC(C)CNc1ccnc(C(=O)Nc2ccccc2N2CCOCC2)c1. The van der Waals surface area contributed by atoms with Crippen LogP contribution in [-0.4, -0.2) is 43.7 Å². The van der Waals surface area contributed by atoms with Gasteiger partial charge in [0.2, 0.25) is 0 Å². The van der Waals surface area contributed by atoms with Crippen molar-refractivity contribution >= 4 is 23.0 Å². The number of para-hydroxylation sites is 2. The van der Waals surface area contributed by atoms with Crippen LogP contribution in [-0.2, 0) is 4.74 Å². The lowest BCUT2D eigenvalue weighted by atomic mass is 10.2. The molecule has 0 bridgehead atoms. The lowest BCUT2D eigenvalue weighted by Gasteiger charge is -2.30. The zero-order valence-electron chi connectivity index (χ0n) is 15.4. The summed E-state index contributed by atoms with van der Waals surface area (Å²) in [6.45, 7) is 8.18. The number of ether oxygens (including phenoxy) is 1. The van der Waals surface area contributed by atoms with Gasteiger partial charge in [0.05, 0.1) is 24.6 Å². The van der Waals surface area contributed by atoms with E-state index < -0.39 is 0 Å². The number of nitrogens with zero attached hydrogens (tertiary/aromatic N) is 2. The summed E-state index contributed by atoms with van der Waals surface area (Å²) >= 11 is 0. The van der Waals surface area contributed by atoms with Crippen LogP contribution in [0.2, 0.25) is 0 Å². The minimum absolute atomic E-state index is 0.209. The van der Waals surface area contributed by atoms with Crippen LogP contribution in [0.3, 0.4) is 0 Å². The Balaban J connectivity index is 1.73. The van der Waals surface area contributed by atoms with Gasteiger partial charge in [-0.3, -0.25) is 9.78 Å². The maximum atomic E-state index is 12.7. The Morgan fingerprint density at radius 2 is 2.00 bits per heavy atom. The van der Waals surface area contributed by atoms with Gasteiger partial charge < -0.3 is 20.3 Å². The van der Waals surface area contributed by atoms with Crippen LogP contribution >= 0.6 is 0 Å². The maximum Gasteiger partial charge on any atom is 0.274 e. The van der Waals surface area contributed by atoms with Gasteiger partial charge in [-0.25, -0.2) is 0 Å². The molecule has 1 fully saturated rings. The Morgan fingerprint density at radius 1 is 1.23 bits per heavy atom. The molecule has 1 aromatic heterocycles. The minimum Gasteiger partial charge on any atom is -0.385 e. The number of aromatic nitrogens is 1. The number of morpholine rings is 1. The summed E-state index contributed by atoms with van der Waals surface area (Å²) in [5.41, 5.74) is 3.11. The van der Waals surface area contributed by atoms with Crippen molar-refractivity contribution in [3.05, 3.63) is 48.3 Å². The van der Waals surface area contributed by atoms with Gasteiger partial charge in [0, 0.05) is 31.5 Å². The molecular weight excluding hydrogens is 328 g/mol. The highest BCUT2D eigenvalue weighted by Gasteiger charge is 2.17. The third-order valence-corrected chi connectivity index (χ3v) is 4.21. The largest absolute Gasteiger partial charge is 0.385 e. The summed E-state index contributed by atoms with van der Waals surface area (Å²) in [5.74, 6) is 0.319. The van der Waals surface area contributed by atoms with E-state index in [1.54, 1.807) is 12.3 Å². The first-order chi connectivity index (χ1) is 12.6. The van der Waals surface area contributed by atoms with Crippen LogP contribution in [0.15, 0.2) is 42.6 Å². The molecule has 1 amide bonds. The molecule has 0 spiro atoms. The van der Waals surface area contributed by atoms with Gasteiger partial charge in [0.1, 0.15) is 5.69 Å². The van der Waals surface area contributed by atoms with Crippen molar-refractivity contribution in [3.63, 3.8) is 0 Å². The number of benzene rings is 1. The highest BCUT2D eigenvalue weighted by molar-refractivity contribution is 6.05. The highest BCUT2D eigenvalue weighted by atomic mass is 16.5. The average molecular weight is 354 g/mol. The molecule has 0 radical (unpaired) electrons. The van der Waals surface area contributed by atoms with E-state index in [1.165, 1.54) is 0 Å². The number of carbonyl (C=O) groups is 1. The second-order valence-corrected chi connectivity index (χ2v) is 6.78. The summed E-state index contributed by atoms with van der Waals surface area (Å²) in [6.07, 6.45) is 1.66. The zero-order chi connectivity index (χ0) is 18.4. The van der Waals surface area contributed by atoms with Gasteiger partial charge >= 0.3 is 0 Å². The van der Waals surface area contributed by atoms with Crippen LogP contribution in [0.25, 0.3) is 0 Å². The van der Waals surface area contributed by atoms with Crippen LogP contribution < -0.4 is 15.5 Å². The molecule has 2 N–H and O–H groups in total. The van der Waals surface area contributed by atoms with Crippen molar-refractivity contribution in [1.29, 1.82) is 0 Å². The molecule has 0 atom stereocenters. The number of carbonyl (C=O) groups excluding carboxylic acids is 1. The summed E-state index contributed by atoms with van der Waals surface area (Å²) < 4.78 is 5.42. The van der Waals surface area contributed by atoms with E-state index in [9.17, 15) is 4.79 Å². The topological polar surface area (TPSA) is 66.5 Å². The van der Waals surface area contributed by atoms with E-state index in [1.807, 2.05) is 30.3 Å². The van der Waals surface area contributed by atoms with Gasteiger partial charge in [-0.15, -0.1) is 0 Å². The number of amides is 1. The second-order valence-electron chi connectivity index (χ2n) is 6.78. The van der Waals surface area contributed by atoms with E-state index in [4.69, 9.17) is 4.74 Å². The first-order valence-corrected chi connectivity index (χ1v) is 9.06. The van der Waals surface area contributed by atoms with Crippen LogP contribution in [0, 0.1) is 5.92 Å². The molecule has 2 aromatic rings. The van der Waals surface area contributed by atoms with E-state index in [2.05, 4.69) is 34.4 Å². The van der Waals surface area contributed by atoms with Crippen molar-refractivity contribution in [1.82, 2.24) is 4.98 Å². The quantitative estimate of drug-likeness (QED) is 0.834. The number of rotatable bonds is 6. The fourth-order valence-corrected chi connectivity index (χ4v) is 2.83. The second kappa shape index (κ2) is 8.67. The predicted octanol–water partition coefficient (Wildman–Crippen LogP) is 3.24. The van der Waals surface area contributed by atoms with Crippen LogP contribution in [0.5, 0.6) is 0 Å². The molecule has 1 aromatic carbocycles. The molecule has 6 nitrogen and oxygen atoms in total. The lowest BCUT2D eigenvalue weighted by molar-refractivity contribution is 0.102. The molecule has 138 valence electrons. The standard InChI is InChI=1S/C20H26N4O2/c1-15(2)14-22-16-7-8-21-18(13-16)20(25)23-17-5-3-4-6-19(17)24-9-11-26-12-10-24/h3-8,13,15H,9-12,14H2,1-2H3,(H,21,22)(H,23,25). The molecule has 0 unspecified atom stereocenters. The molecule has 3 rings (SSSR count). The molecule has 1 aliphatic rings. The number of pyridine rings is 1. The van der Waals surface area contributed by atoms with Crippen molar-refractivity contribution in [3.8, 4) is 0 Å². The molecule has 0 aliphatic carbocycles. The van der Waals surface area contributed by atoms with Crippen LogP contribution in [0.1, 0.15) is 24.3 Å². The molecule has 26 heavy (non-hydrogen) atoms. The van der Waals surface area contributed by atoms with Crippen molar-refractivity contribution < 1.29 is 9.53 Å². The fourth-order valence-electron chi connectivity index (χ4n) is 2.83. The highest BCUT2D eigenvalue weighted by Crippen LogP contribution is 2.26. The van der Waals surface area contributed by atoms with Crippen molar-refractivity contribution in [2.24, 2.45) is 5.92 Å². The Kier molecular flexibility index (Phi) is 6.07. The molecule has 1 aliphatic heterocycles.